The number of carbonyl (C=O) groups is 2. The van der Waals surface area contributed by atoms with Crippen molar-refractivity contribution in [2.75, 3.05) is 33.2 Å². The summed E-state index contributed by atoms with van der Waals surface area (Å²) in [6.07, 6.45) is 5.95. The maximum atomic E-state index is 13.0. The summed E-state index contributed by atoms with van der Waals surface area (Å²) in [5, 5.41) is 3.69. The highest BCUT2D eigenvalue weighted by molar-refractivity contribution is 8.00. The maximum absolute atomic E-state index is 13.0. The zero-order valence-electron chi connectivity index (χ0n) is 15.6. The van der Waals surface area contributed by atoms with Gasteiger partial charge in [0.05, 0.1) is 10.8 Å². The van der Waals surface area contributed by atoms with Gasteiger partial charge in [0, 0.05) is 38.4 Å². The number of nitrogens with zero attached hydrogens (tertiary/aromatic N) is 3. The topological polar surface area (TPSA) is 65.5 Å². The van der Waals surface area contributed by atoms with Crippen molar-refractivity contribution >= 4 is 23.6 Å². The first-order valence-corrected chi connectivity index (χ1v) is 10.3. The standard InChI is InChI=1S/C19H28N4O2S/c1-14(18(24)22-10-3-4-11-22)26-17-16(8-5-9-21-17)19(25)23-12-6-7-15(13-23)20-2/h5,8-9,14-15,20H,3-4,6-7,10-13H2,1-2H3. The molecule has 1 aromatic heterocycles. The van der Waals surface area contributed by atoms with Crippen LogP contribution in [0.25, 0.3) is 0 Å². The number of amides is 2. The molecule has 0 saturated carbocycles. The molecule has 2 fully saturated rings. The first-order valence-electron chi connectivity index (χ1n) is 9.47. The SMILES string of the molecule is CNC1CCCN(C(=O)c2cccnc2SC(C)C(=O)N2CCCC2)C1. The number of hydrogen-bond donors (Lipinski definition) is 1. The molecule has 1 aromatic rings. The maximum Gasteiger partial charge on any atom is 0.256 e. The van der Waals surface area contributed by atoms with E-state index >= 15 is 0 Å². The molecular weight excluding hydrogens is 348 g/mol. The highest BCUT2D eigenvalue weighted by Crippen LogP contribution is 2.28. The second kappa shape index (κ2) is 8.86. The van der Waals surface area contributed by atoms with E-state index in [9.17, 15) is 9.59 Å². The molecule has 0 aliphatic carbocycles. The fourth-order valence-electron chi connectivity index (χ4n) is 3.63. The molecular formula is C19H28N4O2S. The van der Waals surface area contributed by atoms with E-state index in [4.69, 9.17) is 0 Å². The van der Waals surface area contributed by atoms with Crippen molar-refractivity contribution in [1.82, 2.24) is 20.1 Å². The minimum absolute atomic E-state index is 0.0152. The number of nitrogens with one attached hydrogen (secondary N) is 1. The van der Waals surface area contributed by atoms with Crippen LogP contribution in [-0.2, 0) is 4.79 Å². The average molecular weight is 377 g/mol. The van der Waals surface area contributed by atoms with Crippen LogP contribution in [0.5, 0.6) is 0 Å². The lowest BCUT2D eigenvalue weighted by Gasteiger charge is -2.33. The summed E-state index contributed by atoms with van der Waals surface area (Å²) in [7, 11) is 1.94. The highest BCUT2D eigenvalue weighted by atomic mass is 32.2. The van der Waals surface area contributed by atoms with Gasteiger partial charge in [-0.05, 0) is 51.8 Å². The molecule has 0 spiro atoms. The molecule has 2 amide bonds. The van der Waals surface area contributed by atoms with Crippen molar-refractivity contribution in [2.45, 2.75) is 48.9 Å². The van der Waals surface area contributed by atoms with Crippen molar-refractivity contribution in [3.63, 3.8) is 0 Å². The summed E-state index contributed by atoms with van der Waals surface area (Å²) in [4.78, 5) is 33.9. The van der Waals surface area contributed by atoms with Gasteiger partial charge < -0.3 is 15.1 Å². The fraction of sp³-hybridized carbons (Fsp3) is 0.632. The first kappa shape index (κ1) is 19.2. The summed E-state index contributed by atoms with van der Waals surface area (Å²) >= 11 is 1.40. The molecule has 142 valence electrons. The Kier molecular flexibility index (Phi) is 6.53. The summed E-state index contributed by atoms with van der Waals surface area (Å²) in [5.41, 5.74) is 0.607. The van der Waals surface area contributed by atoms with E-state index in [1.807, 2.05) is 29.8 Å². The third kappa shape index (κ3) is 4.38. The van der Waals surface area contributed by atoms with E-state index in [0.717, 1.165) is 51.9 Å². The third-order valence-electron chi connectivity index (χ3n) is 5.17. The van der Waals surface area contributed by atoms with Crippen LogP contribution < -0.4 is 5.32 Å². The average Bonchev–Trinajstić information content (AvgIpc) is 3.22. The largest absolute Gasteiger partial charge is 0.342 e. The van der Waals surface area contributed by atoms with Crippen molar-refractivity contribution in [3.05, 3.63) is 23.9 Å². The van der Waals surface area contributed by atoms with Gasteiger partial charge in [-0.1, -0.05) is 11.8 Å². The molecule has 26 heavy (non-hydrogen) atoms. The molecule has 0 radical (unpaired) electrons. The van der Waals surface area contributed by atoms with E-state index in [2.05, 4.69) is 10.3 Å². The normalized spacial score (nSPS) is 21.7. The number of hydrogen-bond acceptors (Lipinski definition) is 5. The molecule has 7 heteroatoms. The highest BCUT2D eigenvalue weighted by Gasteiger charge is 2.28. The quantitative estimate of drug-likeness (QED) is 0.797. The van der Waals surface area contributed by atoms with E-state index in [1.54, 1.807) is 12.3 Å². The van der Waals surface area contributed by atoms with Gasteiger partial charge in [-0.2, -0.15) is 0 Å². The minimum Gasteiger partial charge on any atom is -0.342 e. The summed E-state index contributed by atoms with van der Waals surface area (Å²) in [6, 6.07) is 3.97. The predicted octanol–water partition coefficient (Wildman–Crippen LogP) is 2.01. The molecule has 2 unspecified atom stereocenters. The summed E-state index contributed by atoms with van der Waals surface area (Å²) in [5.74, 6) is 0.158. The Balaban J connectivity index is 1.71. The van der Waals surface area contributed by atoms with Crippen molar-refractivity contribution < 1.29 is 9.59 Å². The molecule has 2 atom stereocenters. The minimum atomic E-state index is -0.235. The van der Waals surface area contributed by atoms with Gasteiger partial charge in [0.15, 0.2) is 0 Å². The van der Waals surface area contributed by atoms with Crippen LogP contribution >= 0.6 is 11.8 Å². The van der Waals surface area contributed by atoms with Gasteiger partial charge in [-0.15, -0.1) is 0 Å². The van der Waals surface area contributed by atoms with Gasteiger partial charge in [0.25, 0.3) is 5.91 Å². The van der Waals surface area contributed by atoms with Crippen LogP contribution in [0.2, 0.25) is 0 Å². The van der Waals surface area contributed by atoms with Gasteiger partial charge in [0.1, 0.15) is 5.03 Å². The van der Waals surface area contributed by atoms with Crippen LogP contribution in [-0.4, -0.2) is 71.1 Å². The van der Waals surface area contributed by atoms with E-state index in [1.165, 1.54) is 11.8 Å². The molecule has 2 saturated heterocycles. The Morgan fingerprint density at radius 1 is 1.23 bits per heavy atom. The molecule has 0 aromatic carbocycles. The number of carbonyl (C=O) groups excluding carboxylic acids is 2. The van der Waals surface area contributed by atoms with Crippen LogP contribution in [0.1, 0.15) is 43.0 Å². The number of aromatic nitrogens is 1. The van der Waals surface area contributed by atoms with Crippen LogP contribution in [0.4, 0.5) is 0 Å². The van der Waals surface area contributed by atoms with Crippen molar-refractivity contribution in [1.29, 1.82) is 0 Å². The number of pyridine rings is 1. The molecule has 1 N–H and O–H groups in total. The zero-order valence-corrected chi connectivity index (χ0v) is 16.4. The molecule has 0 bridgehead atoms. The second-order valence-electron chi connectivity index (χ2n) is 7.03. The Morgan fingerprint density at radius 3 is 2.69 bits per heavy atom. The third-order valence-corrected chi connectivity index (χ3v) is 6.28. The Bertz CT molecular complexity index is 648. The molecule has 3 rings (SSSR count). The monoisotopic (exact) mass is 376 g/mol. The Labute approximate surface area is 159 Å². The number of likely N-dealkylation sites (tertiary alicyclic amines) is 2. The second-order valence-corrected chi connectivity index (χ2v) is 8.36. The molecule has 6 nitrogen and oxygen atoms in total. The predicted molar refractivity (Wildman–Crippen MR) is 103 cm³/mol. The van der Waals surface area contributed by atoms with Crippen molar-refractivity contribution in [2.24, 2.45) is 0 Å². The molecule has 3 heterocycles. The Morgan fingerprint density at radius 2 is 1.96 bits per heavy atom. The molecule has 2 aliphatic heterocycles. The lowest BCUT2D eigenvalue weighted by atomic mass is 10.1. The fourth-order valence-corrected chi connectivity index (χ4v) is 4.62. The van der Waals surface area contributed by atoms with E-state index in [0.29, 0.717) is 16.6 Å². The number of likely N-dealkylation sites (N-methyl/N-ethyl adjacent to an activating group) is 1. The van der Waals surface area contributed by atoms with Crippen molar-refractivity contribution in [3.8, 4) is 0 Å². The van der Waals surface area contributed by atoms with Gasteiger partial charge >= 0.3 is 0 Å². The molecule has 2 aliphatic rings. The number of thioether (sulfide) groups is 1. The lowest BCUT2D eigenvalue weighted by molar-refractivity contribution is -0.129. The van der Waals surface area contributed by atoms with Gasteiger partial charge in [-0.25, -0.2) is 4.98 Å². The van der Waals surface area contributed by atoms with E-state index in [-0.39, 0.29) is 17.1 Å². The van der Waals surface area contributed by atoms with Gasteiger partial charge in [-0.3, -0.25) is 9.59 Å². The van der Waals surface area contributed by atoms with E-state index < -0.39 is 0 Å². The van der Waals surface area contributed by atoms with Crippen LogP contribution in [0, 0.1) is 0 Å². The lowest BCUT2D eigenvalue weighted by Crippen LogP contribution is -2.47. The first-order chi connectivity index (χ1) is 12.6. The summed E-state index contributed by atoms with van der Waals surface area (Å²) < 4.78 is 0. The Hall–Kier alpha value is -1.60. The van der Waals surface area contributed by atoms with Gasteiger partial charge in [0.2, 0.25) is 5.91 Å². The smallest absolute Gasteiger partial charge is 0.256 e. The number of rotatable bonds is 5. The van der Waals surface area contributed by atoms with Crippen LogP contribution in [0.3, 0.4) is 0 Å². The number of piperidine rings is 1. The van der Waals surface area contributed by atoms with Crippen LogP contribution in [0.15, 0.2) is 23.4 Å². The summed E-state index contributed by atoms with van der Waals surface area (Å²) in [6.45, 7) is 5.09. The zero-order chi connectivity index (χ0) is 18.5.